The monoisotopic (exact) mass is 322 g/mol. The van der Waals surface area contributed by atoms with E-state index in [2.05, 4.69) is 5.32 Å². The van der Waals surface area contributed by atoms with Gasteiger partial charge in [-0.25, -0.2) is 4.79 Å². The van der Waals surface area contributed by atoms with Crippen molar-refractivity contribution in [3.63, 3.8) is 0 Å². The molecule has 0 saturated carbocycles. The van der Waals surface area contributed by atoms with Gasteiger partial charge in [0.1, 0.15) is 11.6 Å². The van der Waals surface area contributed by atoms with E-state index in [1.165, 1.54) is 0 Å². The van der Waals surface area contributed by atoms with Gasteiger partial charge in [0.15, 0.2) is 0 Å². The molecule has 0 aliphatic rings. The minimum atomic E-state index is -1.15. The fourth-order valence-corrected chi connectivity index (χ4v) is 2.27. The van der Waals surface area contributed by atoms with Crippen molar-refractivity contribution in [2.75, 3.05) is 0 Å². The van der Waals surface area contributed by atoms with E-state index < -0.39 is 35.2 Å². The summed E-state index contributed by atoms with van der Waals surface area (Å²) in [6.45, 7) is 8.70. The van der Waals surface area contributed by atoms with Crippen LogP contribution in [0.3, 0.4) is 0 Å². The van der Waals surface area contributed by atoms with Gasteiger partial charge < -0.3 is 20.9 Å². The molecule has 0 heterocycles. The number of carbonyl (C=O) groups excluding carboxylic acids is 1. The maximum atomic E-state index is 12.2. The highest BCUT2D eigenvalue weighted by molar-refractivity contribution is 5.75. The molecule has 1 amide bonds. The van der Waals surface area contributed by atoms with Gasteiger partial charge in [-0.05, 0) is 26.3 Å². The fourth-order valence-electron chi connectivity index (χ4n) is 2.27. The predicted molar refractivity (Wildman–Crippen MR) is 87.9 cm³/mol. The highest BCUT2D eigenvalue weighted by atomic mass is 16.6. The normalized spacial score (nSPS) is 14.7. The summed E-state index contributed by atoms with van der Waals surface area (Å²) in [6, 6.07) is 7.37. The van der Waals surface area contributed by atoms with Gasteiger partial charge >= 0.3 is 12.1 Å². The van der Waals surface area contributed by atoms with Crippen LogP contribution in [-0.4, -0.2) is 28.8 Å². The molecule has 6 nitrogen and oxygen atoms in total. The first-order chi connectivity index (χ1) is 10.4. The Balaban J connectivity index is 3.13. The van der Waals surface area contributed by atoms with Crippen molar-refractivity contribution in [2.24, 2.45) is 11.1 Å². The summed E-state index contributed by atoms with van der Waals surface area (Å²) in [5.41, 5.74) is 5.03. The van der Waals surface area contributed by atoms with Gasteiger partial charge in [-0.3, -0.25) is 4.79 Å². The third-order valence-corrected chi connectivity index (χ3v) is 3.61. The third kappa shape index (κ3) is 5.25. The molecule has 6 heteroatoms. The number of hydrogen-bond acceptors (Lipinski definition) is 4. The van der Waals surface area contributed by atoms with Crippen LogP contribution in [0.25, 0.3) is 0 Å². The molecule has 0 radical (unpaired) electrons. The van der Waals surface area contributed by atoms with Crippen molar-refractivity contribution >= 4 is 12.1 Å². The number of nitrogens with two attached hydrogens (primary N) is 1. The number of benzene rings is 1. The van der Waals surface area contributed by atoms with Crippen LogP contribution < -0.4 is 11.1 Å². The number of alkyl carbamates (subject to hydrolysis) is 1. The Kier molecular flexibility index (Phi) is 5.77. The van der Waals surface area contributed by atoms with E-state index in [-0.39, 0.29) is 0 Å². The molecule has 0 saturated heterocycles. The van der Waals surface area contributed by atoms with Crippen molar-refractivity contribution in [3.05, 3.63) is 35.9 Å². The fraction of sp³-hybridized carbons (Fsp3) is 0.529. The lowest BCUT2D eigenvalue weighted by molar-refractivity contribution is -0.142. The zero-order valence-corrected chi connectivity index (χ0v) is 14.3. The summed E-state index contributed by atoms with van der Waals surface area (Å²) in [6.07, 6.45) is -0.614. The Labute approximate surface area is 137 Å². The highest BCUT2D eigenvalue weighted by Crippen LogP contribution is 2.36. The molecular weight excluding hydrogens is 296 g/mol. The van der Waals surface area contributed by atoms with Gasteiger partial charge in [-0.2, -0.15) is 0 Å². The predicted octanol–water partition coefficient (Wildman–Crippen LogP) is 2.69. The van der Waals surface area contributed by atoms with E-state index in [0.29, 0.717) is 0 Å². The van der Waals surface area contributed by atoms with Gasteiger partial charge in [-0.1, -0.05) is 44.2 Å². The number of aliphatic carboxylic acids is 1. The van der Waals surface area contributed by atoms with Crippen LogP contribution in [0.2, 0.25) is 0 Å². The zero-order valence-electron chi connectivity index (χ0n) is 14.3. The lowest BCUT2D eigenvalue weighted by atomic mass is 9.74. The van der Waals surface area contributed by atoms with E-state index in [0.717, 1.165) is 5.56 Å². The second-order valence-corrected chi connectivity index (χ2v) is 7.13. The molecule has 0 spiro atoms. The van der Waals surface area contributed by atoms with Crippen molar-refractivity contribution in [1.82, 2.24) is 5.32 Å². The minimum absolute atomic E-state index is 0.607. The van der Waals surface area contributed by atoms with E-state index >= 15 is 0 Å². The van der Waals surface area contributed by atoms with Crippen LogP contribution >= 0.6 is 0 Å². The largest absolute Gasteiger partial charge is 0.480 e. The molecule has 128 valence electrons. The summed E-state index contributed by atoms with van der Waals surface area (Å²) < 4.78 is 5.29. The first-order valence-corrected chi connectivity index (χ1v) is 7.48. The van der Waals surface area contributed by atoms with Crippen LogP contribution in [0.15, 0.2) is 30.3 Å². The van der Waals surface area contributed by atoms with Gasteiger partial charge in [0, 0.05) is 5.41 Å². The molecular formula is C17H26N2O4. The Morgan fingerprint density at radius 2 is 1.65 bits per heavy atom. The summed E-state index contributed by atoms with van der Waals surface area (Å²) in [5, 5.41) is 12.0. The molecule has 0 aliphatic carbocycles. The SMILES string of the molecule is CC(C)(C)OC(=O)NC(c1ccccc1)C(C)(C)C(N)C(=O)O. The van der Waals surface area contributed by atoms with Crippen molar-refractivity contribution in [3.8, 4) is 0 Å². The molecule has 2 unspecified atom stereocenters. The zero-order chi connectivity index (χ0) is 17.8. The molecule has 0 fully saturated rings. The average molecular weight is 322 g/mol. The molecule has 0 aromatic heterocycles. The molecule has 4 N–H and O–H groups in total. The van der Waals surface area contributed by atoms with Gasteiger partial charge in [0.05, 0.1) is 6.04 Å². The van der Waals surface area contributed by atoms with Crippen molar-refractivity contribution in [2.45, 2.75) is 52.3 Å². The average Bonchev–Trinajstić information content (AvgIpc) is 2.42. The van der Waals surface area contributed by atoms with Crippen LogP contribution in [0, 0.1) is 5.41 Å². The summed E-state index contributed by atoms with van der Waals surface area (Å²) in [5.74, 6) is -1.12. The maximum absolute atomic E-state index is 12.2. The van der Waals surface area contributed by atoms with Gasteiger partial charge in [0.25, 0.3) is 0 Å². The van der Waals surface area contributed by atoms with Crippen LogP contribution in [0.4, 0.5) is 4.79 Å². The number of ether oxygens (including phenoxy) is 1. The Bertz CT molecular complexity index is 549. The summed E-state index contributed by atoms with van der Waals surface area (Å²) in [4.78, 5) is 23.5. The number of nitrogens with one attached hydrogen (secondary N) is 1. The lowest BCUT2D eigenvalue weighted by Gasteiger charge is -2.38. The lowest BCUT2D eigenvalue weighted by Crippen LogP contribution is -2.52. The second-order valence-electron chi connectivity index (χ2n) is 7.13. The Morgan fingerprint density at radius 1 is 1.13 bits per heavy atom. The second kappa shape index (κ2) is 7.00. The van der Waals surface area contributed by atoms with E-state index in [1.54, 1.807) is 34.6 Å². The van der Waals surface area contributed by atoms with Crippen molar-refractivity contribution < 1.29 is 19.4 Å². The smallest absolute Gasteiger partial charge is 0.408 e. The van der Waals surface area contributed by atoms with Gasteiger partial charge in [0.2, 0.25) is 0 Å². The maximum Gasteiger partial charge on any atom is 0.408 e. The van der Waals surface area contributed by atoms with E-state index in [4.69, 9.17) is 10.5 Å². The molecule has 1 aromatic rings. The highest BCUT2D eigenvalue weighted by Gasteiger charge is 2.41. The Morgan fingerprint density at radius 3 is 2.09 bits per heavy atom. The standard InChI is InChI=1S/C17H26N2O4/c1-16(2,3)23-15(22)19-13(11-9-7-6-8-10-11)17(4,5)12(18)14(20)21/h6-10,12-13H,18H2,1-5H3,(H,19,22)(H,20,21). The Hall–Kier alpha value is -2.08. The number of carbonyl (C=O) groups is 2. The van der Waals surface area contributed by atoms with Crippen LogP contribution in [0.5, 0.6) is 0 Å². The van der Waals surface area contributed by atoms with Crippen molar-refractivity contribution in [1.29, 1.82) is 0 Å². The van der Waals surface area contributed by atoms with E-state index in [1.807, 2.05) is 30.3 Å². The van der Waals surface area contributed by atoms with Crippen LogP contribution in [-0.2, 0) is 9.53 Å². The number of hydrogen-bond donors (Lipinski definition) is 3. The number of rotatable bonds is 5. The molecule has 0 aliphatic heterocycles. The molecule has 1 aromatic carbocycles. The summed E-state index contributed by atoms with van der Waals surface area (Å²) >= 11 is 0. The molecule has 0 bridgehead atoms. The molecule has 23 heavy (non-hydrogen) atoms. The first kappa shape index (κ1) is 19.0. The third-order valence-electron chi connectivity index (χ3n) is 3.61. The minimum Gasteiger partial charge on any atom is -0.480 e. The number of carboxylic acid groups (broad SMARTS) is 1. The van der Waals surface area contributed by atoms with Crippen LogP contribution in [0.1, 0.15) is 46.2 Å². The molecule has 2 atom stereocenters. The van der Waals surface area contributed by atoms with Gasteiger partial charge in [-0.15, -0.1) is 0 Å². The number of carboxylic acids is 1. The topological polar surface area (TPSA) is 102 Å². The summed E-state index contributed by atoms with van der Waals surface area (Å²) in [7, 11) is 0. The number of amides is 1. The molecule has 1 rings (SSSR count). The quantitative estimate of drug-likeness (QED) is 0.773. The first-order valence-electron chi connectivity index (χ1n) is 7.48. The van der Waals surface area contributed by atoms with E-state index in [9.17, 15) is 14.7 Å².